The Bertz CT molecular complexity index is 846. The predicted octanol–water partition coefficient (Wildman–Crippen LogP) is 3.92. The Morgan fingerprint density at radius 1 is 1.33 bits per heavy atom. The lowest BCUT2D eigenvalue weighted by Crippen LogP contribution is -2.14. The number of ether oxygens (including phenoxy) is 1. The maximum Gasteiger partial charge on any atom is 0.150 e. The summed E-state index contributed by atoms with van der Waals surface area (Å²) >= 11 is 7.81. The van der Waals surface area contributed by atoms with Crippen molar-refractivity contribution in [2.45, 2.75) is 32.8 Å². The van der Waals surface area contributed by atoms with E-state index in [2.05, 4.69) is 16.9 Å². The summed E-state index contributed by atoms with van der Waals surface area (Å²) in [5.41, 5.74) is 4.69. The van der Waals surface area contributed by atoms with Gasteiger partial charge >= 0.3 is 0 Å². The van der Waals surface area contributed by atoms with Gasteiger partial charge in [0.05, 0.1) is 23.4 Å². The Balaban J connectivity index is 2.13. The van der Waals surface area contributed by atoms with E-state index in [1.54, 1.807) is 11.3 Å². The van der Waals surface area contributed by atoms with E-state index in [9.17, 15) is 0 Å². The van der Waals surface area contributed by atoms with Crippen LogP contribution in [0.25, 0.3) is 20.4 Å². The minimum absolute atomic E-state index is 0.515. The first kappa shape index (κ1) is 13.4. The Kier molecular flexibility index (Phi) is 3.28. The van der Waals surface area contributed by atoms with E-state index in [1.165, 1.54) is 17.5 Å². The maximum absolute atomic E-state index is 6.22. The van der Waals surface area contributed by atoms with Crippen molar-refractivity contribution in [3.63, 3.8) is 0 Å². The molecule has 108 valence electrons. The SMILES string of the molecule is CCCc1nc2sc3c(Cl)ncnc3c2c2c1COCC2. The van der Waals surface area contributed by atoms with E-state index in [-0.39, 0.29) is 0 Å². The zero-order chi connectivity index (χ0) is 14.4. The van der Waals surface area contributed by atoms with Crippen molar-refractivity contribution in [2.24, 2.45) is 0 Å². The quantitative estimate of drug-likeness (QED) is 0.672. The molecule has 0 unspecified atom stereocenters. The van der Waals surface area contributed by atoms with Crippen LogP contribution in [-0.4, -0.2) is 21.6 Å². The first-order valence-electron chi connectivity index (χ1n) is 7.10. The lowest BCUT2D eigenvalue weighted by atomic mass is 9.97. The number of nitrogens with zero attached hydrogens (tertiary/aromatic N) is 3. The summed E-state index contributed by atoms with van der Waals surface area (Å²) in [6.07, 6.45) is 4.51. The number of halogens is 1. The smallest absolute Gasteiger partial charge is 0.150 e. The van der Waals surface area contributed by atoms with Crippen molar-refractivity contribution in [1.29, 1.82) is 0 Å². The molecule has 0 bridgehead atoms. The summed E-state index contributed by atoms with van der Waals surface area (Å²) in [5.74, 6) is 0. The largest absolute Gasteiger partial charge is 0.376 e. The summed E-state index contributed by atoms with van der Waals surface area (Å²) in [7, 11) is 0. The third kappa shape index (κ3) is 2.03. The fourth-order valence-corrected chi connectivity index (χ4v) is 4.28. The van der Waals surface area contributed by atoms with Gasteiger partial charge in [0.15, 0.2) is 0 Å². The van der Waals surface area contributed by atoms with Crippen molar-refractivity contribution in [1.82, 2.24) is 15.0 Å². The van der Waals surface area contributed by atoms with Gasteiger partial charge in [0.1, 0.15) is 16.3 Å². The second kappa shape index (κ2) is 5.16. The average molecular weight is 320 g/mol. The Labute approximate surface area is 131 Å². The fraction of sp³-hybridized carbons (Fsp3) is 0.400. The molecule has 1 aliphatic heterocycles. The van der Waals surface area contributed by atoms with E-state index in [0.29, 0.717) is 11.8 Å². The Morgan fingerprint density at radius 2 is 2.24 bits per heavy atom. The van der Waals surface area contributed by atoms with Crippen LogP contribution < -0.4 is 0 Å². The fourth-order valence-electron chi connectivity index (χ4n) is 2.97. The number of pyridine rings is 1. The molecule has 0 N–H and O–H groups in total. The predicted molar refractivity (Wildman–Crippen MR) is 85.1 cm³/mol. The van der Waals surface area contributed by atoms with Crippen LogP contribution in [-0.2, 0) is 24.2 Å². The van der Waals surface area contributed by atoms with Gasteiger partial charge < -0.3 is 4.74 Å². The van der Waals surface area contributed by atoms with Gasteiger partial charge in [-0.3, -0.25) is 0 Å². The van der Waals surface area contributed by atoms with Gasteiger partial charge in [-0.05, 0) is 18.4 Å². The second-order valence-electron chi connectivity index (χ2n) is 5.19. The molecule has 1 aliphatic rings. The van der Waals surface area contributed by atoms with E-state index < -0.39 is 0 Å². The molecule has 3 aromatic heterocycles. The zero-order valence-electron chi connectivity index (χ0n) is 11.6. The zero-order valence-corrected chi connectivity index (χ0v) is 13.2. The number of thiophene rings is 1. The van der Waals surface area contributed by atoms with Crippen LogP contribution in [0.3, 0.4) is 0 Å². The first-order valence-corrected chi connectivity index (χ1v) is 8.30. The lowest BCUT2D eigenvalue weighted by Gasteiger charge is -2.20. The molecule has 0 saturated carbocycles. The number of rotatable bonds is 2. The monoisotopic (exact) mass is 319 g/mol. The van der Waals surface area contributed by atoms with Crippen LogP contribution in [0.5, 0.6) is 0 Å². The molecular formula is C15H14ClN3OS. The van der Waals surface area contributed by atoms with Crippen molar-refractivity contribution >= 4 is 43.4 Å². The molecule has 6 heteroatoms. The summed E-state index contributed by atoms with van der Waals surface area (Å²) < 4.78 is 6.58. The van der Waals surface area contributed by atoms with E-state index in [0.717, 1.165) is 52.0 Å². The van der Waals surface area contributed by atoms with Crippen LogP contribution in [0.1, 0.15) is 30.2 Å². The van der Waals surface area contributed by atoms with Gasteiger partial charge in [0.2, 0.25) is 0 Å². The van der Waals surface area contributed by atoms with Gasteiger partial charge in [-0.25, -0.2) is 15.0 Å². The lowest BCUT2D eigenvalue weighted by molar-refractivity contribution is 0.110. The van der Waals surface area contributed by atoms with Crippen molar-refractivity contribution in [3.05, 3.63) is 28.3 Å². The summed E-state index contributed by atoms with van der Waals surface area (Å²) in [5, 5.41) is 1.67. The molecule has 21 heavy (non-hydrogen) atoms. The van der Waals surface area contributed by atoms with E-state index in [4.69, 9.17) is 21.3 Å². The molecule has 4 heterocycles. The number of hydrogen-bond donors (Lipinski definition) is 0. The Hall–Kier alpha value is -1.30. The van der Waals surface area contributed by atoms with E-state index >= 15 is 0 Å². The maximum atomic E-state index is 6.22. The van der Waals surface area contributed by atoms with Crippen LogP contribution in [0, 0.1) is 0 Å². The van der Waals surface area contributed by atoms with Gasteiger partial charge in [-0.15, -0.1) is 11.3 Å². The molecule has 0 amide bonds. The van der Waals surface area contributed by atoms with Gasteiger partial charge in [-0.2, -0.15) is 0 Å². The first-order chi connectivity index (χ1) is 10.3. The summed E-state index contributed by atoms with van der Waals surface area (Å²) in [6.45, 7) is 3.59. The highest BCUT2D eigenvalue weighted by molar-refractivity contribution is 7.26. The summed E-state index contributed by atoms with van der Waals surface area (Å²) in [4.78, 5) is 14.4. The number of aromatic nitrogens is 3. The number of fused-ring (bicyclic) bond motifs is 5. The van der Waals surface area contributed by atoms with Crippen molar-refractivity contribution < 1.29 is 4.74 Å². The molecule has 4 nitrogen and oxygen atoms in total. The van der Waals surface area contributed by atoms with Crippen LogP contribution in [0.15, 0.2) is 6.33 Å². The Morgan fingerprint density at radius 3 is 3.10 bits per heavy atom. The van der Waals surface area contributed by atoms with Crippen LogP contribution in [0.4, 0.5) is 0 Å². The highest BCUT2D eigenvalue weighted by Gasteiger charge is 2.22. The highest BCUT2D eigenvalue weighted by Crippen LogP contribution is 2.39. The third-order valence-corrected chi connectivity index (χ3v) is 5.37. The molecule has 4 rings (SSSR count). The normalized spacial score (nSPS) is 14.8. The van der Waals surface area contributed by atoms with Crippen molar-refractivity contribution in [2.75, 3.05) is 6.61 Å². The van der Waals surface area contributed by atoms with E-state index in [1.807, 2.05) is 0 Å². The molecule has 0 saturated heterocycles. The molecule has 0 spiro atoms. The molecule has 0 atom stereocenters. The van der Waals surface area contributed by atoms with Gasteiger partial charge in [-0.1, -0.05) is 24.9 Å². The molecule has 3 aromatic rings. The minimum Gasteiger partial charge on any atom is -0.376 e. The molecule has 0 radical (unpaired) electrons. The standard InChI is InChI=1S/C15H14ClN3OS/c1-2-3-10-9-6-20-5-4-8(9)11-12-13(21-15(11)19-10)14(16)18-7-17-12/h7H,2-6H2,1H3. The van der Waals surface area contributed by atoms with Crippen molar-refractivity contribution in [3.8, 4) is 0 Å². The molecule has 0 aromatic carbocycles. The molecule has 0 aliphatic carbocycles. The highest BCUT2D eigenvalue weighted by atomic mass is 35.5. The summed E-state index contributed by atoms with van der Waals surface area (Å²) in [6, 6.07) is 0. The molecule has 0 fully saturated rings. The van der Waals surface area contributed by atoms with Crippen LogP contribution >= 0.6 is 22.9 Å². The van der Waals surface area contributed by atoms with Crippen LogP contribution in [0.2, 0.25) is 5.15 Å². The number of aryl methyl sites for hydroxylation is 1. The third-order valence-electron chi connectivity index (χ3n) is 3.89. The number of hydrogen-bond acceptors (Lipinski definition) is 5. The molecular weight excluding hydrogens is 306 g/mol. The van der Waals surface area contributed by atoms with Gasteiger partial charge in [0, 0.05) is 16.6 Å². The van der Waals surface area contributed by atoms with Gasteiger partial charge in [0.25, 0.3) is 0 Å². The topological polar surface area (TPSA) is 47.9 Å². The minimum atomic E-state index is 0.515. The average Bonchev–Trinajstić information content (AvgIpc) is 2.88. The second-order valence-corrected chi connectivity index (χ2v) is 6.55.